The van der Waals surface area contributed by atoms with Crippen molar-refractivity contribution in [1.29, 1.82) is 0 Å². The van der Waals surface area contributed by atoms with Crippen molar-refractivity contribution in [2.24, 2.45) is 5.41 Å². The highest BCUT2D eigenvalue weighted by atomic mass is 16.5. The second-order valence-corrected chi connectivity index (χ2v) is 8.50. The highest BCUT2D eigenvalue weighted by Crippen LogP contribution is 2.38. The highest BCUT2D eigenvalue weighted by Gasteiger charge is 2.45. The molecule has 0 N–H and O–H groups in total. The Morgan fingerprint density at radius 1 is 1.26 bits per heavy atom. The summed E-state index contributed by atoms with van der Waals surface area (Å²) in [5, 5.41) is 4.24. The number of piperidine rings is 1. The van der Waals surface area contributed by atoms with Gasteiger partial charge >= 0.3 is 5.97 Å². The lowest BCUT2D eigenvalue weighted by molar-refractivity contribution is -0.161. The van der Waals surface area contributed by atoms with Crippen molar-refractivity contribution in [3.63, 3.8) is 0 Å². The second-order valence-electron chi connectivity index (χ2n) is 8.50. The van der Waals surface area contributed by atoms with E-state index in [1.54, 1.807) is 0 Å². The van der Waals surface area contributed by atoms with Gasteiger partial charge in [0.1, 0.15) is 17.6 Å². The fraction of sp³-hybridized carbons (Fsp3) is 0.542. The Balaban J connectivity index is 1.49. The van der Waals surface area contributed by atoms with Gasteiger partial charge in [0.15, 0.2) is 0 Å². The van der Waals surface area contributed by atoms with Crippen LogP contribution in [0, 0.1) is 12.3 Å². The maximum Gasteiger partial charge on any atom is 0.312 e. The van der Waals surface area contributed by atoms with Gasteiger partial charge < -0.3 is 18.9 Å². The number of aryl methyl sites for hydroxylation is 1. The monoisotopic (exact) mass is 426 g/mol. The molecule has 0 radical (unpaired) electrons. The van der Waals surface area contributed by atoms with E-state index < -0.39 is 5.41 Å². The van der Waals surface area contributed by atoms with E-state index in [1.807, 2.05) is 49.1 Å². The van der Waals surface area contributed by atoms with Gasteiger partial charge in [-0.05, 0) is 45.1 Å². The number of likely N-dealkylation sites (tertiary alicyclic amines) is 1. The lowest BCUT2D eigenvalue weighted by atomic mass is 9.74. The first-order valence-corrected chi connectivity index (χ1v) is 11.1. The summed E-state index contributed by atoms with van der Waals surface area (Å²) in [6.45, 7) is 5.83. The predicted octanol–water partition coefficient (Wildman–Crippen LogP) is 3.54. The molecule has 0 aliphatic carbocycles. The first-order chi connectivity index (χ1) is 15.0. The number of rotatable bonds is 6. The molecule has 7 heteroatoms. The molecule has 1 aromatic heterocycles. The first-order valence-electron chi connectivity index (χ1n) is 11.1. The molecule has 0 spiro atoms. The van der Waals surface area contributed by atoms with Gasteiger partial charge in [-0.3, -0.25) is 9.59 Å². The number of benzene rings is 1. The van der Waals surface area contributed by atoms with E-state index >= 15 is 0 Å². The molecular weight excluding hydrogens is 396 g/mol. The number of hydrogen-bond acceptors (Lipinski definition) is 6. The Labute approximate surface area is 182 Å². The lowest BCUT2D eigenvalue weighted by Crippen LogP contribution is -2.50. The maximum absolute atomic E-state index is 13.0. The van der Waals surface area contributed by atoms with Gasteiger partial charge in [0.25, 0.3) is 5.91 Å². The van der Waals surface area contributed by atoms with E-state index in [1.165, 1.54) is 0 Å². The Morgan fingerprint density at radius 3 is 2.71 bits per heavy atom. The van der Waals surface area contributed by atoms with Crippen LogP contribution in [0.25, 0.3) is 11.3 Å². The molecule has 2 fully saturated rings. The van der Waals surface area contributed by atoms with Crippen molar-refractivity contribution in [2.75, 3.05) is 26.3 Å². The quantitative estimate of drug-likeness (QED) is 0.657. The van der Waals surface area contributed by atoms with Crippen LogP contribution >= 0.6 is 0 Å². The Morgan fingerprint density at radius 2 is 2.03 bits per heavy atom. The third-order valence-electron chi connectivity index (χ3n) is 6.44. The fourth-order valence-electron chi connectivity index (χ4n) is 4.59. The molecule has 1 unspecified atom stereocenters. The normalized spacial score (nSPS) is 20.6. The first kappa shape index (κ1) is 21.6. The van der Waals surface area contributed by atoms with Gasteiger partial charge in [-0.1, -0.05) is 29.4 Å². The summed E-state index contributed by atoms with van der Waals surface area (Å²) >= 11 is 0. The van der Waals surface area contributed by atoms with Crippen molar-refractivity contribution >= 4 is 11.9 Å². The van der Waals surface area contributed by atoms with Gasteiger partial charge in [-0.15, -0.1) is 0 Å². The molecule has 166 valence electrons. The van der Waals surface area contributed by atoms with Crippen LogP contribution in [0.3, 0.4) is 0 Å². The number of carbonyl (C=O) groups is 2. The SMILES string of the molecule is CCOC(=O)C1(Cc2cc(-c3ccccc3C)no2)CCN(C(=O)C2CCCO2)CC1. The minimum Gasteiger partial charge on any atom is -0.466 e. The zero-order valence-electron chi connectivity index (χ0n) is 18.3. The molecule has 0 saturated carbocycles. The Hall–Kier alpha value is -2.67. The zero-order chi connectivity index (χ0) is 21.8. The van der Waals surface area contributed by atoms with Gasteiger partial charge in [-0.25, -0.2) is 0 Å². The minimum absolute atomic E-state index is 0.0384. The molecule has 3 heterocycles. The third-order valence-corrected chi connectivity index (χ3v) is 6.44. The van der Waals surface area contributed by atoms with Crippen LogP contribution in [0.1, 0.15) is 43.9 Å². The van der Waals surface area contributed by atoms with Gasteiger partial charge in [0.2, 0.25) is 0 Å². The lowest BCUT2D eigenvalue weighted by Gasteiger charge is -2.40. The molecule has 4 rings (SSSR count). The fourth-order valence-corrected chi connectivity index (χ4v) is 4.59. The number of nitrogens with zero attached hydrogens (tertiary/aromatic N) is 2. The number of amides is 1. The van der Waals surface area contributed by atoms with Crippen molar-refractivity contribution in [2.45, 2.75) is 52.1 Å². The standard InChI is InChI=1S/C24H30N2O5/c1-3-29-23(28)24(10-12-26(13-11-24)22(27)21-9-6-14-30-21)16-18-15-20(25-31-18)19-8-5-4-7-17(19)2/h4-5,7-8,15,21H,3,6,9-14,16H2,1-2H3. The summed E-state index contributed by atoms with van der Waals surface area (Å²) in [7, 11) is 0. The molecule has 7 nitrogen and oxygen atoms in total. The molecule has 2 aromatic rings. The summed E-state index contributed by atoms with van der Waals surface area (Å²) in [5.74, 6) is 0.467. The molecule has 2 aliphatic rings. The summed E-state index contributed by atoms with van der Waals surface area (Å²) < 4.78 is 16.6. The van der Waals surface area contributed by atoms with Gasteiger partial charge in [-0.2, -0.15) is 0 Å². The van der Waals surface area contributed by atoms with E-state index in [-0.39, 0.29) is 18.0 Å². The maximum atomic E-state index is 13.0. The number of hydrogen-bond donors (Lipinski definition) is 0. The van der Waals surface area contributed by atoms with E-state index in [0.717, 1.165) is 29.7 Å². The van der Waals surface area contributed by atoms with Crippen LogP contribution < -0.4 is 0 Å². The van der Waals surface area contributed by atoms with E-state index in [9.17, 15) is 9.59 Å². The minimum atomic E-state index is -0.716. The number of ether oxygens (including phenoxy) is 2. The van der Waals surface area contributed by atoms with Crippen molar-refractivity contribution in [1.82, 2.24) is 10.1 Å². The van der Waals surface area contributed by atoms with Crippen LogP contribution in [0.2, 0.25) is 0 Å². The summed E-state index contributed by atoms with van der Waals surface area (Å²) in [5.41, 5.74) is 2.17. The molecule has 31 heavy (non-hydrogen) atoms. The van der Waals surface area contributed by atoms with Crippen LogP contribution in [0.4, 0.5) is 0 Å². The second kappa shape index (κ2) is 9.22. The van der Waals surface area contributed by atoms with Crippen LogP contribution in [0.15, 0.2) is 34.9 Å². The molecule has 0 bridgehead atoms. The summed E-state index contributed by atoms with van der Waals surface area (Å²) in [4.78, 5) is 27.5. The van der Waals surface area contributed by atoms with Crippen molar-refractivity contribution < 1.29 is 23.6 Å². The Bertz CT molecular complexity index is 924. The predicted molar refractivity (Wildman–Crippen MR) is 114 cm³/mol. The largest absolute Gasteiger partial charge is 0.466 e. The van der Waals surface area contributed by atoms with Crippen LogP contribution in [0.5, 0.6) is 0 Å². The molecule has 1 amide bonds. The smallest absolute Gasteiger partial charge is 0.312 e. The number of carbonyl (C=O) groups excluding carboxylic acids is 2. The van der Waals surface area contributed by atoms with Crippen LogP contribution in [-0.4, -0.2) is 54.3 Å². The average molecular weight is 427 g/mol. The van der Waals surface area contributed by atoms with Gasteiger partial charge in [0.05, 0.1) is 12.0 Å². The van der Waals surface area contributed by atoms with Crippen molar-refractivity contribution in [3.8, 4) is 11.3 Å². The zero-order valence-corrected chi connectivity index (χ0v) is 18.3. The molecular formula is C24H30N2O5. The average Bonchev–Trinajstić information content (AvgIpc) is 3.47. The highest BCUT2D eigenvalue weighted by molar-refractivity contribution is 5.82. The van der Waals surface area contributed by atoms with E-state index in [4.69, 9.17) is 14.0 Å². The molecule has 2 aliphatic heterocycles. The molecule has 1 aromatic carbocycles. The summed E-state index contributed by atoms with van der Waals surface area (Å²) in [6.07, 6.45) is 2.84. The Kier molecular flexibility index (Phi) is 6.41. The van der Waals surface area contributed by atoms with Crippen LogP contribution in [-0.2, 0) is 25.5 Å². The van der Waals surface area contributed by atoms with E-state index in [2.05, 4.69) is 5.16 Å². The molecule has 2 saturated heterocycles. The number of esters is 1. The van der Waals surface area contributed by atoms with E-state index in [0.29, 0.717) is 51.3 Å². The topological polar surface area (TPSA) is 81.9 Å². The molecule has 1 atom stereocenters. The summed E-state index contributed by atoms with van der Waals surface area (Å²) in [6, 6.07) is 9.91. The number of aromatic nitrogens is 1. The van der Waals surface area contributed by atoms with Crippen molar-refractivity contribution in [3.05, 3.63) is 41.7 Å². The third kappa shape index (κ3) is 4.51. The van der Waals surface area contributed by atoms with Gasteiger partial charge in [0, 0.05) is 37.7 Å².